The van der Waals surface area contributed by atoms with Gasteiger partial charge in [-0.3, -0.25) is 0 Å². The molecule has 1 atom stereocenters. The first-order chi connectivity index (χ1) is 10.2. The van der Waals surface area contributed by atoms with Gasteiger partial charge >= 0.3 is 0 Å². The Bertz CT molecular complexity index is 800. The van der Waals surface area contributed by atoms with Gasteiger partial charge in [-0.25, -0.2) is 16.8 Å². The van der Waals surface area contributed by atoms with Gasteiger partial charge in [0.25, 0.3) is 0 Å². The Kier molecular flexibility index (Phi) is 4.04. The second-order valence-corrected chi connectivity index (χ2v) is 10.5. The van der Waals surface area contributed by atoms with Crippen molar-refractivity contribution in [3.63, 3.8) is 0 Å². The maximum atomic E-state index is 13.1. The second kappa shape index (κ2) is 5.47. The van der Waals surface area contributed by atoms with Crippen LogP contribution >= 0.6 is 11.6 Å². The molecule has 22 heavy (non-hydrogen) atoms. The second-order valence-electron chi connectivity index (χ2n) is 6.03. The zero-order chi connectivity index (χ0) is 16.1. The molecule has 0 radical (unpaired) electrons. The van der Waals surface area contributed by atoms with Crippen LogP contribution in [0.4, 0.5) is 0 Å². The summed E-state index contributed by atoms with van der Waals surface area (Å²) in [6.07, 6.45) is 1.95. The molecule has 0 bridgehead atoms. The Morgan fingerprint density at radius 2 is 1.86 bits per heavy atom. The molecule has 3 rings (SSSR count). The molecular formula is C14H18ClNO4S2. The van der Waals surface area contributed by atoms with Crippen LogP contribution in [0.2, 0.25) is 5.02 Å². The van der Waals surface area contributed by atoms with Crippen LogP contribution in [-0.2, 0) is 19.9 Å². The van der Waals surface area contributed by atoms with Gasteiger partial charge in [-0.1, -0.05) is 17.7 Å². The average molecular weight is 364 g/mol. The Hall–Kier alpha value is -0.630. The topological polar surface area (TPSA) is 71.5 Å². The fraction of sp³-hybridized carbons (Fsp3) is 0.571. The van der Waals surface area contributed by atoms with E-state index in [4.69, 9.17) is 11.6 Å². The number of sulfonamides is 1. The molecule has 0 amide bonds. The van der Waals surface area contributed by atoms with Crippen molar-refractivity contribution in [1.82, 2.24) is 4.31 Å². The van der Waals surface area contributed by atoms with Crippen molar-refractivity contribution in [1.29, 1.82) is 0 Å². The lowest BCUT2D eigenvalue weighted by molar-refractivity contribution is 0.332. The first kappa shape index (κ1) is 16.2. The molecule has 1 unspecified atom stereocenters. The maximum absolute atomic E-state index is 13.1. The van der Waals surface area contributed by atoms with Crippen LogP contribution in [0, 0.1) is 6.92 Å². The summed E-state index contributed by atoms with van der Waals surface area (Å²) in [4.78, 5) is 0.177. The summed E-state index contributed by atoms with van der Waals surface area (Å²) in [5, 5.41) is 0.360. The van der Waals surface area contributed by atoms with Gasteiger partial charge in [0.2, 0.25) is 10.0 Å². The van der Waals surface area contributed by atoms with Gasteiger partial charge in [0.15, 0.2) is 9.84 Å². The van der Waals surface area contributed by atoms with Gasteiger partial charge in [0.05, 0.1) is 16.4 Å². The van der Waals surface area contributed by atoms with Crippen molar-refractivity contribution < 1.29 is 16.8 Å². The molecule has 8 heteroatoms. The monoisotopic (exact) mass is 363 g/mol. The van der Waals surface area contributed by atoms with Crippen LogP contribution < -0.4 is 0 Å². The van der Waals surface area contributed by atoms with Gasteiger partial charge in [0, 0.05) is 17.1 Å². The molecule has 2 aliphatic rings. The van der Waals surface area contributed by atoms with Gasteiger partial charge in [-0.05, 0) is 43.9 Å². The van der Waals surface area contributed by atoms with E-state index in [-0.39, 0.29) is 22.4 Å². The largest absolute Gasteiger partial charge is 0.243 e. The molecule has 1 aromatic carbocycles. The van der Waals surface area contributed by atoms with E-state index in [1.54, 1.807) is 19.1 Å². The third kappa shape index (κ3) is 3.04. The van der Waals surface area contributed by atoms with E-state index in [1.807, 2.05) is 0 Å². The highest BCUT2D eigenvalue weighted by Gasteiger charge is 2.46. The Balaban J connectivity index is 2.02. The van der Waals surface area contributed by atoms with E-state index in [0.717, 1.165) is 12.8 Å². The van der Waals surface area contributed by atoms with Crippen molar-refractivity contribution in [2.45, 2.75) is 43.2 Å². The molecule has 1 aromatic rings. The Morgan fingerprint density at radius 3 is 2.41 bits per heavy atom. The lowest BCUT2D eigenvalue weighted by atomic mass is 10.2. The highest BCUT2D eigenvalue weighted by molar-refractivity contribution is 7.92. The quantitative estimate of drug-likeness (QED) is 0.820. The predicted octanol–water partition coefficient (Wildman–Crippen LogP) is 1.99. The van der Waals surface area contributed by atoms with Gasteiger partial charge in [-0.15, -0.1) is 0 Å². The fourth-order valence-electron chi connectivity index (χ4n) is 2.96. The summed E-state index contributed by atoms with van der Waals surface area (Å²) in [6, 6.07) is 4.23. The number of hydrogen-bond donors (Lipinski definition) is 0. The zero-order valence-corrected chi connectivity index (χ0v) is 14.6. The minimum atomic E-state index is -3.74. The summed E-state index contributed by atoms with van der Waals surface area (Å²) in [5.74, 6) is -0.0206. The van der Waals surface area contributed by atoms with Gasteiger partial charge < -0.3 is 0 Å². The first-order valence-electron chi connectivity index (χ1n) is 7.21. The van der Waals surface area contributed by atoms with Crippen molar-refractivity contribution >= 4 is 31.5 Å². The maximum Gasteiger partial charge on any atom is 0.243 e. The highest BCUT2D eigenvalue weighted by atomic mass is 35.5. The SMILES string of the molecule is Cc1ccc(Cl)cc1S(=O)(=O)N(C1CC1)C1CCS(=O)(=O)C1. The Labute approximate surface area is 136 Å². The van der Waals surface area contributed by atoms with Gasteiger partial charge in [0.1, 0.15) is 0 Å². The fourth-order valence-corrected chi connectivity index (χ4v) is 7.16. The predicted molar refractivity (Wildman–Crippen MR) is 85.3 cm³/mol. The summed E-state index contributed by atoms with van der Waals surface area (Å²) >= 11 is 5.95. The normalized spacial score (nSPS) is 24.8. The molecule has 1 aliphatic carbocycles. The molecular weight excluding hydrogens is 346 g/mol. The van der Waals surface area contributed by atoms with Crippen molar-refractivity contribution in [2.24, 2.45) is 0 Å². The lowest BCUT2D eigenvalue weighted by Crippen LogP contribution is -2.42. The molecule has 2 fully saturated rings. The van der Waals surface area contributed by atoms with E-state index in [0.29, 0.717) is 17.0 Å². The van der Waals surface area contributed by atoms with Crippen molar-refractivity contribution in [3.05, 3.63) is 28.8 Å². The van der Waals surface area contributed by atoms with Crippen LogP contribution in [0.25, 0.3) is 0 Å². The van der Waals surface area contributed by atoms with E-state index in [9.17, 15) is 16.8 Å². The van der Waals surface area contributed by atoms with E-state index in [2.05, 4.69) is 0 Å². The van der Waals surface area contributed by atoms with E-state index < -0.39 is 25.9 Å². The van der Waals surface area contributed by atoms with Gasteiger partial charge in [-0.2, -0.15) is 4.31 Å². The average Bonchev–Trinajstić information content (AvgIpc) is 3.16. The molecule has 0 aromatic heterocycles. The number of benzene rings is 1. The summed E-state index contributed by atoms with van der Waals surface area (Å²) < 4.78 is 51.0. The molecule has 1 aliphatic heterocycles. The van der Waals surface area contributed by atoms with Crippen LogP contribution in [0.1, 0.15) is 24.8 Å². The van der Waals surface area contributed by atoms with Crippen molar-refractivity contribution in [3.8, 4) is 0 Å². The standard InChI is InChI=1S/C14H18ClNO4S2/c1-10-2-3-11(15)8-14(10)22(19,20)16(12-4-5-12)13-6-7-21(17,18)9-13/h2-3,8,12-13H,4-7,9H2,1H3. The summed E-state index contributed by atoms with van der Waals surface area (Å²) in [6.45, 7) is 1.72. The van der Waals surface area contributed by atoms with Crippen LogP contribution in [0.3, 0.4) is 0 Å². The number of aryl methyl sites for hydroxylation is 1. The van der Waals surface area contributed by atoms with E-state index in [1.165, 1.54) is 10.4 Å². The number of hydrogen-bond acceptors (Lipinski definition) is 4. The third-order valence-corrected chi connectivity index (χ3v) is 8.31. The molecule has 1 saturated heterocycles. The molecule has 0 spiro atoms. The van der Waals surface area contributed by atoms with Crippen LogP contribution in [0.15, 0.2) is 23.1 Å². The Morgan fingerprint density at radius 1 is 1.18 bits per heavy atom. The lowest BCUT2D eigenvalue weighted by Gasteiger charge is -2.28. The minimum absolute atomic E-state index is 0.0605. The molecule has 1 saturated carbocycles. The minimum Gasteiger partial charge on any atom is -0.229 e. The number of sulfone groups is 1. The molecule has 0 N–H and O–H groups in total. The van der Waals surface area contributed by atoms with Crippen LogP contribution in [-0.4, -0.2) is 44.7 Å². The number of halogens is 1. The molecule has 122 valence electrons. The highest BCUT2D eigenvalue weighted by Crippen LogP contribution is 2.38. The molecule has 5 nitrogen and oxygen atoms in total. The number of nitrogens with zero attached hydrogens (tertiary/aromatic N) is 1. The van der Waals surface area contributed by atoms with Crippen molar-refractivity contribution in [2.75, 3.05) is 11.5 Å². The third-order valence-electron chi connectivity index (χ3n) is 4.18. The zero-order valence-electron chi connectivity index (χ0n) is 12.2. The van der Waals surface area contributed by atoms with Crippen LogP contribution in [0.5, 0.6) is 0 Å². The summed E-state index contributed by atoms with van der Waals surface area (Å²) in [7, 11) is -6.88. The molecule has 1 heterocycles. The number of rotatable bonds is 4. The smallest absolute Gasteiger partial charge is 0.229 e. The summed E-state index contributed by atoms with van der Waals surface area (Å²) in [5.41, 5.74) is 0.621. The van der Waals surface area contributed by atoms with E-state index >= 15 is 0 Å². The first-order valence-corrected chi connectivity index (χ1v) is 10.8.